The van der Waals surface area contributed by atoms with Gasteiger partial charge in [-0.25, -0.2) is 0 Å². The van der Waals surface area contributed by atoms with E-state index in [4.69, 9.17) is 4.74 Å². The number of ether oxygens (including phenoxy) is 1. The Bertz CT molecular complexity index is 462. The van der Waals surface area contributed by atoms with E-state index in [1.807, 2.05) is 32.0 Å². The summed E-state index contributed by atoms with van der Waals surface area (Å²) in [4.78, 5) is 14.3. The van der Waals surface area contributed by atoms with Gasteiger partial charge in [0.2, 0.25) is 0 Å². The summed E-state index contributed by atoms with van der Waals surface area (Å²) in [5.74, 6) is 0.788. The SMILES string of the molecule is Cc1cccc(C)c1OCC(=O)NCCCCN1CCCC1. The second-order valence-electron chi connectivity index (χ2n) is 6.12. The molecule has 4 nitrogen and oxygen atoms in total. The van der Waals surface area contributed by atoms with Crippen LogP contribution in [0.5, 0.6) is 5.75 Å². The lowest BCUT2D eigenvalue weighted by Gasteiger charge is -2.14. The van der Waals surface area contributed by atoms with E-state index in [0.717, 1.165) is 42.8 Å². The third kappa shape index (κ3) is 5.34. The first-order valence-electron chi connectivity index (χ1n) is 8.35. The molecule has 1 aromatic carbocycles. The molecule has 0 aromatic heterocycles. The van der Waals surface area contributed by atoms with Crippen molar-refractivity contribution in [2.24, 2.45) is 0 Å². The molecule has 1 N–H and O–H groups in total. The Kier molecular flexibility index (Phi) is 6.72. The Hall–Kier alpha value is -1.55. The number of benzene rings is 1. The van der Waals surface area contributed by atoms with Crippen molar-refractivity contribution in [2.45, 2.75) is 39.5 Å². The van der Waals surface area contributed by atoms with Gasteiger partial charge in [-0.15, -0.1) is 0 Å². The monoisotopic (exact) mass is 304 g/mol. The molecule has 122 valence electrons. The highest BCUT2D eigenvalue weighted by atomic mass is 16.5. The molecule has 0 atom stereocenters. The molecule has 1 aliphatic rings. The third-order valence-electron chi connectivity index (χ3n) is 4.18. The van der Waals surface area contributed by atoms with Crippen LogP contribution in [0, 0.1) is 13.8 Å². The fourth-order valence-corrected chi connectivity index (χ4v) is 2.91. The summed E-state index contributed by atoms with van der Waals surface area (Å²) in [6.07, 6.45) is 4.86. The van der Waals surface area contributed by atoms with Gasteiger partial charge < -0.3 is 15.0 Å². The van der Waals surface area contributed by atoms with Crippen molar-refractivity contribution in [3.05, 3.63) is 29.3 Å². The zero-order valence-electron chi connectivity index (χ0n) is 13.9. The van der Waals surface area contributed by atoms with E-state index in [2.05, 4.69) is 10.2 Å². The van der Waals surface area contributed by atoms with Gasteiger partial charge in [0.25, 0.3) is 5.91 Å². The second kappa shape index (κ2) is 8.79. The molecule has 22 heavy (non-hydrogen) atoms. The van der Waals surface area contributed by atoms with Gasteiger partial charge in [-0.05, 0) is 70.3 Å². The van der Waals surface area contributed by atoms with Crippen LogP contribution in [-0.2, 0) is 4.79 Å². The number of carbonyl (C=O) groups is 1. The first-order valence-corrected chi connectivity index (χ1v) is 8.35. The van der Waals surface area contributed by atoms with Gasteiger partial charge in [-0.3, -0.25) is 4.79 Å². The Morgan fingerprint density at radius 3 is 2.55 bits per heavy atom. The fraction of sp³-hybridized carbons (Fsp3) is 0.611. The molecule has 2 rings (SSSR count). The summed E-state index contributed by atoms with van der Waals surface area (Å²) in [7, 11) is 0. The zero-order valence-corrected chi connectivity index (χ0v) is 13.9. The van der Waals surface area contributed by atoms with E-state index in [1.165, 1.54) is 25.9 Å². The minimum absolute atomic E-state index is 0.0381. The molecular formula is C18H28N2O2. The van der Waals surface area contributed by atoms with Crippen molar-refractivity contribution in [2.75, 3.05) is 32.8 Å². The number of likely N-dealkylation sites (tertiary alicyclic amines) is 1. The topological polar surface area (TPSA) is 41.6 Å². The zero-order chi connectivity index (χ0) is 15.8. The predicted octanol–water partition coefficient (Wildman–Crippen LogP) is 2.67. The number of hydrogen-bond acceptors (Lipinski definition) is 3. The van der Waals surface area contributed by atoms with Crippen LogP contribution < -0.4 is 10.1 Å². The minimum atomic E-state index is -0.0381. The summed E-state index contributed by atoms with van der Waals surface area (Å²) >= 11 is 0. The summed E-state index contributed by atoms with van der Waals surface area (Å²) in [6.45, 7) is 8.48. The van der Waals surface area contributed by atoms with Gasteiger partial charge in [0, 0.05) is 6.54 Å². The van der Waals surface area contributed by atoms with E-state index in [-0.39, 0.29) is 12.5 Å². The van der Waals surface area contributed by atoms with Crippen molar-refractivity contribution < 1.29 is 9.53 Å². The van der Waals surface area contributed by atoms with Crippen LogP contribution >= 0.6 is 0 Å². The normalized spacial score (nSPS) is 15.0. The maximum absolute atomic E-state index is 11.8. The van der Waals surface area contributed by atoms with E-state index in [9.17, 15) is 4.79 Å². The molecule has 0 aliphatic carbocycles. The second-order valence-corrected chi connectivity index (χ2v) is 6.12. The predicted molar refractivity (Wildman–Crippen MR) is 89.3 cm³/mol. The molecule has 0 bridgehead atoms. The first-order chi connectivity index (χ1) is 10.7. The summed E-state index contributed by atoms with van der Waals surface area (Å²) in [6, 6.07) is 6.00. The van der Waals surface area contributed by atoms with Crippen LogP contribution in [0.1, 0.15) is 36.8 Å². The van der Waals surface area contributed by atoms with E-state index in [0.29, 0.717) is 0 Å². The molecule has 1 fully saturated rings. The van der Waals surface area contributed by atoms with Crippen molar-refractivity contribution in [3.63, 3.8) is 0 Å². The standard InChI is InChI=1S/C18H28N2O2/c1-15-8-7-9-16(2)18(15)22-14-17(21)19-10-3-4-11-20-12-5-6-13-20/h7-9H,3-6,10-14H2,1-2H3,(H,19,21). The molecule has 0 unspecified atom stereocenters. The number of amides is 1. The molecule has 1 heterocycles. The lowest BCUT2D eigenvalue weighted by Crippen LogP contribution is -2.30. The Morgan fingerprint density at radius 1 is 1.18 bits per heavy atom. The van der Waals surface area contributed by atoms with Crippen molar-refractivity contribution in [1.29, 1.82) is 0 Å². The highest BCUT2D eigenvalue weighted by Crippen LogP contribution is 2.21. The quantitative estimate of drug-likeness (QED) is 0.751. The van der Waals surface area contributed by atoms with Crippen molar-refractivity contribution in [3.8, 4) is 5.75 Å². The Morgan fingerprint density at radius 2 is 1.86 bits per heavy atom. The summed E-state index contributed by atoms with van der Waals surface area (Å²) < 4.78 is 5.65. The maximum Gasteiger partial charge on any atom is 0.257 e. The number of carbonyl (C=O) groups excluding carboxylic acids is 1. The number of aryl methyl sites for hydroxylation is 2. The minimum Gasteiger partial charge on any atom is -0.483 e. The molecule has 4 heteroatoms. The average molecular weight is 304 g/mol. The molecule has 1 aromatic rings. The molecule has 0 saturated carbocycles. The van der Waals surface area contributed by atoms with E-state index < -0.39 is 0 Å². The largest absolute Gasteiger partial charge is 0.483 e. The van der Waals surface area contributed by atoms with Gasteiger partial charge in [0.1, 0.15) is 5.75 Å². The van der Waals surface area contributed by atoms with Crippen molar-refractivity contribution >= 4 is 5.91 Å². The number of unbranched alkanes of at least 4 members (excludes halogenated alkanes) is 1. The van der Waals surface area contributed by atoms with Crippen LogP contribution in [0.4, 0.5) is 0 Å². The lowest BCUT2D eigenvalue weighted by molar-refractivity contribution is -0.123. The van der Waals surface area contributed by atoms with E-state index in [1.54, 1.807) is 0 Å². The van der Waals surface area contributed by atoms with Gasteiger partial charge >= 0.3 is 0 Å². The molecule has 0 radical (unpaired) electrons. The Balaban J connectivity index is 1.57. The lowest BCUT2D eigenvalue weighted by atomic mass is 10.1. The van der Waals surface area contributed by atoms with Crippen LogP contribution in [-0.4, -0.2) is 43.6 Å². The van der Waals surface area contributed by atoms with Crippen LogP contribution in [0.2, 0.25) is 0 Å². The summed E-state index contributed by atoms with van der Waals surface area (Å²) in [5.41, 5.74) is 2.14. The molecular weight excluding hydrogens is 276 g/mol. The van der Waals surface area contributed by atoms with Crippen LogP contribution in [0.25, 0.3) is 0 Å². The molecule has 1 saturated heterocycles. The average Bonchev–Trinajstić information content (AvgIpc) is 2.99. The highest BCUT2D eigenvalue weighted by molar-refractivity contribution is 5.77. The van der Waals surface area contributed by atoms with Crippen LogP contribution in [0.15, 0.2) is 18.2 Å². The van der Waals surface area contributed by atoms with E-state index >= 15 is 0 Å². The third-order valence-corrected chi connectivity index (χ3v) is 4.18. The smallest absolute Gasteiger partial charge is 0.257 e. The number of nitrogens with one attached hydrogen (secondary N) is 1. The molecule has 0 spiro atoms. The van der Waals surface area contributed by atoms with Gasteiger partial charge in [-0.1, -0.05) is 18.2 Å². The van der Waals surface area contributed by atoms with Crippen molar-refractivity contribution in [1.82, 2.24) is 10.2 Å². The summed E-state index contributed by atoms with van der Waals surface area (Å²) in [5, 5.41) is 2.93. The number of hydrogen-bond donors (Lipinski definition) is 1. The number of rotatable bonds is 8. The number of nitrogens with zero attached hydrogens (tertiary/aromatic N) is 1. The maximum atomic E-state index is 11.8. The Labute approximate surface area is 133 Å². The van der Waals surface area contributed by atoms with Gasteiger partial charge in [0.05, 0.1) is 0 Å². The van der Waals surface area contributed by atoms with Crippen LogP contribution in [0.3, 0.4) is 0 Å². The first kappa shape index (κ1) is 16.8. The van der Waals surface area contributed by atoms with Gasteiger partial charge in [0.15, 0.2) is 6.61 Å². The highest BCUT2D eigenvalue weighted by Gasteiger charge is 2.10. The van der Waals surface area contributed by atoms with Gasteiger partial charge in [-0.2, -0.15) is 0 Å². The molecule has 1 aliphatic heterocycles. The fourth-order valence-electron chi connectivity index (χ4n) is 2.91. The number of para-hydroxylation sites is 1. The molecule has 1 amide bonds.